The molecule has 1 aliphatic carbocycles. The predicted molar refractivity (Wildman–Crippen MR) is 124 cm³/mol. The Morgan fingerprint density at radius 3 is 2.52 bits per heavy atom. The lowest BCUT2D eigenvalue weighted by Gasteiger charge is -2.32. The molecule has 1 aliphatic rings. The maximum Gasteiger partial charge on any atom is 0.348 e. The van der Waals surface area contributed by atoms with Crippen molar-refractivity contribution in [1.82, 2.24) is 5.32 Å². The molecule has 1 atom stereocenters. The van der Waals surface area contributed by atoms with Crippen LogP contribution in [0.3, 0.4) is 0 Å². The highest BCUT2D eigenvalue weighted by atomic mass is 32.1. The molecule has 0 aromatic carbocycles. The minimum atomic E-state index is -1.06. The number of nitrogens with zero attached hydrogens (tertiary/aromatic N) is 2. The molecule has 1 unspecified atom stereocenters. The van der Waals surface area contributed by atoms with E-state index in [1.807, 2.05) is 20.8 Å². The van der Waals surface area contributed by atoms with Crippen LogP contribution in [0.1, 0.15) is 67.9 Å². The molecule has 2 rings (SSSR count). The topological polar surface area (TPSA) is 106 Å². The van der Waals surface area contributed by atoms with Gasteiger partial charge in [-0.1, -0.05) is 18.8 Å². The Labute approximate surface area is 189 Å². The largest absolute Gasteiger partial charge is 0.477 e. The van der Waals surface area contributed by atoms with E-state index in [-0.39, 0.29) is 41.2 Å². The molecule has 1 heterocycles. The quantitative estimate of drug-likeness (QED) is 0.400. The summed E-state index contributed by atoms with van der Waals surface area (Å²) in [5.74, 6) is 5.59. The van der Waals surface area contributed by atoms with E-state index in [1.165, 1.54) is 0 Å². The van der Waals surface area contributed by atoms with Crippen molar-refractivity contribution < 1.29 is 14.7 Å². The lowest BCUT2D eigenvalue weighted by molar-refractivity contribution is -0.123. The number of carbonyl (C=O) groups excluding carboxylic acids is 1. The van der Waals surface area contributed by atoms with Crippen LogP contribution in [0, 0.1) is 34.6 Å². The SMILES string of the molecule is CNC(CN=N)CN(C(=O)C1CCC(C)CC1)c1cc(C#CC(C)(C)C)sc1C(=O)O. The number of amides is 1. The van der Waals surface area contributed by atoms with Crippen LogP contribution in [-0.2, 0) is 4.79 Å². The number of hydrogen-bond acceptors (Lipinski definition) is 6. The van der Waals surface area contributed by atoms with Gasteiger partial charge in [0.05, 0.1) is 17.1 Å². The van der Waals surface area contributed by atoms with Crippen LogP contribution in [0.5, 0.6) is 0 Å². The Morgan fingerprint density at radius 2 is 2.00 bits per heavy atom. The monoisotopic (exact) mass is 446 g/mol. The fourth-order valence-electron chi connectivity index (χ4n) is 3.65. The minimum absolute atomic E-state index is 0.0484. The molecule has 0 bridgehead atoms. The zero-order chi connectivity index (χ0) is 23.2. The minimum Gasteiger partial charge on any atom is -0.477 e. The average Bonchev–Trinajstić information content (AvgIpc) is 3.13. The molecule has 31 heavy (non-hydrogen) atoms. The van der Waals surface area contributed by atoms with Gasteiger partial charge in [0.1, 0.15) is 4.88 Å². The molecule has 1 fully saturated rings. The van der Waals surface area contributed by atoms with Crippen molar-refractivity contribution in [3.8, 4) is 11.8 Å². The summed E-state index contributed by atoms with van der Waals surface area (Å²) in [5, 5.41) is 16.4. The number of thiophene rings is 1. The smallest absolute Gasteiger partial charge is 0.348 e. The number of aromatic carboxylic acids is 1. The van der Waals surface area contributed by atoms with Crippen LogP contribution in [0.25, 0.3) is 0 Å². The Bertz CT molecular complexity index is 854. The first kappa shape index (κ1) is 25.0. The van der Waals surface area contributed by atoms with E-state index in [1.54, 1.807) is 18.0 Å². The van der Waals surface area contributed by atoms with E-state index in [0.717, 1.165) is 37.0 Å². The molecule has 0 radical (unpaired) electrons. The molecular weight excluding hydrogens is 412 g/mol. The average molecular weight is 447 g/mol. The number of carbonyl (C=O) groups is 2. The maximum atomic E-state index is 13.6. The number of nitrogens with one attached hydrogen (secondary N) is 2. The normalized spacial score (nSPS) is 19.8. The van der Waals surface area contributed by atoms with E-state index < -0.39 is 5.97 Å². The van der Waals surface area contributed by atoms with Gasteiger partial charge in [0.25, 0.3) is 0 Å². The zero-order valence-electron chi connectivity index (χ0n) is 19.1. The van der Waals surface area contributed by atoms with Crippen LogP contribution < -0.4 is 10.2 Å². The molecule has 1 aromatic heterocycles. The molecule has 170 valence electrons. The lowest BCUT2D eigenvalue weighted by Crippen LogP contribution is -2.47. The second-order valence-corrected chi connectivity index (χ2v) is 10.4. The molecule has 0 saturated heterocycles. The molecule has 0 aliphatic heterocycles. The van der Waals surface area contributed by atoms with Crippen LogP contribution >= 0.6 is 11.3 Å². The Morgan fingerprint density at radius 1 is 1.35 bits per heavy atom. The van der Waals surface area contributed by atoms with E-state index in [2.05, 4.69) is 29.2 Å². The van der Waals surface area contributed by atoms with Crippen molar-refractivity contribution in [2.24, 2.45) is 22.4 Å². The van der Waals surface area contributed by atoms with Gasteiger partial charge in [0, 0.05) is 23.9 Å². The summed E-state index contributed by atoms with van der Waals surface area (Å²) in [7, 11) is 1.76. The third-order valence-corrected chi connectivity index (χ3v) is 6.54. The van der Waals surface area contributed by atoms with Crippen molar-refractivity contribution in [1.29, 1.82) is 5.53 Å². The highest BCUT2D eigenvalue weighted by Crippen LogP contribution is 2.35. The number of likely N-dealkylation sites (N-methyl/N-ethyl adjacent to an activating group) is 1. The summed E-state index contributed by atoms with van der Waals surface area (Å²) in [6, 6.07) is 1.48. The number of hydrogen-bond donors (Lipinski definition) is 3. The first-order valence-electron chi connectivity index (χ1n) is 10.8. The number of carboxylic acids is 1. The van der Waals surface area contributed by atoms with E-state index in [9.17, 15) is 14.7 Å². The van der Waals surface area contributed by atoms with Crippen LogP contribution in [0.15, 0.2) is 11.2 Å². The molecule has 7 nitrogen and oxygen atoms in total. The molecular formula is C23H34N4O3S. The fourth-order valence-corrected chi connectivity index (χ4v) is 4.50. The summed E-state index contributed by atoms with van der Waals surface area (Å²) < 4.78 is 0. The van der Waals surface area contributed by atoms with Gasteiger partial charge in [-0.2, -0.15) is 5.11 Å². The highest BCUT2D eigenvalue weighted by molar-refractivity contribution is 7.15. The predicted octanol–water partition coefficient (Wildman–Crippen LogP) is 4.62. The maximum absolute atomic E-state index is 13.6. The van der Waals surface area contributed by atoms with Crippen LogP contribution in [0.4, 0.5) is 5.69 Å². The van der Waals surface area contributed by atoms with Gasteiger partial charge >= 0.3 is 5.97 Å². The molecule has 0 spiro atoms. The van der Waals surface area contributed by atoms with Crippen LogP contribution in [0.2, 0.25) is 0 Å². The van der Waals surface area contributed by atoms with Crippen molar-refractivity contribution in [3.63, 3.8) is 0 Å². The lowest BCUT2D eigenvalue weighted by atomic mass is 9.82. The third-order valence-electron chi connectivity index (χ3n) is 5.51. The second-order valence-electron chi connectivity index (χ2n) is 9.36. The molecule has 1 saturated carbocycles. The van der Waals surface area contributed by atoms with Crippen molar-refractivity contribution in [3.05, 3.63) is 15.8 Å². The van der Waals surface area contributed by atoms with Gasteiger partial charge in [0.2, 0.25) is 5.91 Å². The number of anilines is 1. The standard InChI is InChI=1S/C23H34N4O3S/c1-15-6-8-16(9-7-15)21(28)27(14-17(25-5)13-26-24)19-12-18(10-11-23(2,3)4)31-20(19)22(29)30/h12,15-17,24-25H,6-9,13-14H2,1-5H3,(H,29,30). The first-order chi connectivity index (χ1) is 14.6. The number of carboxylic acid groups (broad SMARTS) is 1. The van der Waals surface area contributed by atoms with Gasteiger partial charge in [0.15, 0.2) is 0 Å². The van der Waals surface area contributed by atoms with E-state index >= 15 is 0 Å². The third kappa shape index (κ3) is 7.15. The van der Waals surface area contributed by atoms with Gasteiger partial charge in [-0.25, -0.2) is 10.3 Å². The van der Waals surface area contributed by atoms with E-state index in [4.69, 9.17) is 5.53 Å². The van der Waals surface area contributed by atoms with Gasteiger partial charge < -0.3 is 15.3 Å². The molecule has 8 heteroatoms. The van der Waals surface area contributed by atoms with Gasteiger partial charge in [-0.3, -0.25) is 4.79 Å². The summed E-state index contributed by atoms with van der Waals surface area (Å²) in [6.45, 7) is 8.65. The van der Waals surface area contributed by atoms with Gasteiger partial charge in [-0.05, 0) is 65.5 Å². The van der Waals surface area contributed by atoms with E-state index in [0.29, 0.717) is 16.5 Å². The van der Waals surface area contributed by atoms with Crippen LogP contribution in [-0.4, -0.2) is 43.2 Å². The Balaban J connectivity index is 2.47. The molecule has 1 amide bonds. The van der Waals surface area contributed by atoms with Crippen molar-refractivity contribution in [2.45, 2.75) is 59.4 Å². The number of rotatable bonds is 8. The Kier molecular flexibility index (Phi) is 8.78. The summed E-state index contributed by atoms with van der Waals surface area (Å²) in [4.78, 5) is 27.9. The summed E-state index contributed by atoms with van der Waals surface area (Å²) in [6.07, 6.45) is 3.62. The fraction of sp³-hybridized carbons (Fsp3) is 0.652. The van der Waals surface area contributed by atoms with Crippen molar-refractivity contribution >= 4 is 28.9 Å². The Hall–Kier alpha value is -2.24. The van der Waals surface area contributed by atoms with Gasteiger partial charge in [-0.15, -0.1) is 11.3 Å². The molecule has 1 aromatic rings. The summed E-state index contributed by atoms with van der Waals surface area (Å²) >= 11 is 1.10. The van der Waals surface area contributed by atoms with Crippen molar-refractivity contribution in [2.75, 3.05) is 25.0 Å². The molecule has 3 N–H and O–H groups in total. The zero-order valence-corrected chi connectivity index (χ0v) is 19.9. The summed E-state index contributed by atoms with van der Waals surface area (Å²) in [5.41, 5.74) is 7.39. The first-order valence-corrected chi connectivity index (χ1v) is 11.6. The second kappa shape index (κ2) is 10.9. The highest BCUT2D eigenvalue weighted by Gasteiger charge is 2.33.